The quantitative estimate of drug-likeness (QED) is 0.906. The fourth-order valence-corrected chi connectivity index (χ4v) is 4.44. The Hall–Kier alpha value is -2.63. The first-order chi connectivity index (χ1) is 13.2. The fourth-order valence-electron chi connectivity index (χ4n) is 4.44. The highest BCUT2D eigenvalue weighted by Crippen LogP contribution is 2.36. The van der Waals surface area contributed by atoms with Gasteiger partial charge in [-0.05, 0) is 48.4 Å². The first kappa shape index (κ1) is 17.8. The second kappa shape index (κ2) is 7.94. The highest BCUT2D eigenvalue weighted by Gasteiger charge is 2.32. The van der Waals surface area contributed by atoms with Crippen LogP contribution in [-0.2, 0) is 6.54 Å². The van der Waals surface area contributed by atoms with Crippen LogP contribution in [0, 0.1) is 11.8 Å². The predicted octanol–water partition coefficient (Wildman–Crippen LogP) is 3.34. The van der Waals surface area contributed by atoms with Gasteiger partial charge in [0.05, 0.1) is 6.54 Å². The molecule has 1 aromatic carbocycles. The monoisotopic (exact) mass is 366 g/mol. The topological polar surface area (TPSA) is 67.2 Å². The summed E-state index contributed by atoms with van der Waals surface area (Å²) in [5, 5.41) is 3.03. The molecule has 4 rings (SSSR count). The lowest BCUT2D eigenvalue weighted by atomic mass is 9.75. The maximum absolute atomic E-state index is 12.7. The van der Waals surface area contributed by atoms with E-state index in [2.05, 4.69) is 10.3 Å². The number of nitrogens with one attached hydrogen (secondary N) is 1. The molecule has 0 bridgehead atoms. The molecule has 2 atom stereocenters. The van der Waals surface area contributed by atoms with Crippen molar-refractivity contribution in [3.05, 3.63) is 58.8 Å². The van der Waals surface area contributed by atoms with Gasteiger partial charge in [0.1, 0.15) is 0 Å². The zero-order valence-corrected chi connectivity index (χ0v) is 15.5. The van der Waals surface area contributed by atoms with Crippen LogP contribution >= 0.6 is 0 Å². The summed E-state index contributed by atoms with van der Waals surface area (Å²) in [6.45, 7) is 2.16. The molecule has 2 aliphatic rings. The van der Waals surface area contributed by atoms with Crippen LogP contribution in [0.4, 0.5) is 10.5 Å². The van der Waals surface area contributed by atoms with Gasteiger partial charge in [0, 0.05) is 31.2 Å². The number of hydrogen-bond donors (Lipinski definition) is 1. The predicted molar refractivity (Wildman–Crippen MR) is 105 cm³/mol. The number of likely N-dealkylation sites (tertiary alicyclic amines) is 1. The molecule has 27 heavy (non-hydrogen) atoms. The molecule has 2 amide bonds. The third-order valence-electron chi connectivity index (χ3n) is 5.89. The highest BCUT2D eigenvalue weighted by atomic mass is 16.2. The summed E-state index contributed by atoms with van der Waals surface area (Å²) >= 11 is 0. The molecular weight excluding hydrogens is 340 g/mol. The van der Waals surface area contributed by atoms with Crippen LogP contribution in [0.25, 0.3) is 0 Å². The van der Waals surface area contributed by atoms with Crippen molar-refractivity contribution in [2.24, 2.45) is 11.8 Å². The SMILES string of the molecule is O=C(Nc1cccc(Cn2cccnc2=O)c1)N1CC[C@H]2CCCC[C@H]2C1. The summed E-state index contributed by atoms with van der Waals surface area (Å²) in [5.41, 5.74) is 1.44. The Morgan fingerprint density at radius 2 is 2.00 bits per heavy atom. The molecule has 6 heteroatoms. The lowest BCUT2D eigenvalue weighted by Crippen LogP contribution is -2.46. The van der Waals surface area contributed by atoms with Crippen molar-refractivity contribution < 1.29 is 4.79 Å². The Balaban J connectivity index is 1.40. The smallest absolute Gasteiger partial charge is 0.324 e. The van der Waals surface area contributed by atoms with Crippen molar-refractivity contribution in [1.82, 2.24) is 14.5 Å². The molecule has 2 heterocycles. The summed E-state index contributed by atoms with van der Waals surface area (Å²) in [6, 6.07) is 9.38. The Labute approximate surface area is 159 Å². The summed E-state index contributed by atoms with van der Waals surface area (Å²) in [5.74, 6) is 1.48. The van der Waals surface area contributed by atoms with E-state index in [0.717, 1.165) is 36.7 Å². The van der Waals surface area contributed by atoms with E-state index in [0.29, 0.717) is 12.5 Å². The number of urea groups is 1. The van der Waals surface area contributed by atoms with Crippen LogP contribution in [0.2, 0.25) is 0 Å². The fraction of sp³-hybridized carbons (Fsp3) is 0.476. The van der Waals surface area contributed by atoms with Crippen molar-refractivity contribution in [2.45, 2.75) is 38.6 Å². The molecule has 0 spiro atoms. The molecule has 6 nitrogen and oxygen atoms in total. The lowest BCUT2D eigenvalue weighted by molar-refractivity contribution is 0.108. The molecule has 1 N–H and O–H groups in total. The molecule has 1 saturated heterocycles. The molecule has 1 saturated carbocycles. The summed E-state index contributed by atoms with van der Waals surface area (Å²) in [6.07, 6.45) is 9.56. The van der Waals surface area contributed by atoms with Gasteiger partial charge in [0.2, 0.25) is 0 Å². The summed E-state index contributed by atoms with van der Waals surface area (Å²) in [7, 11) is 0. The number of rotatable bonds is 3. The van der Waals surface area contributed by atoms with Gasteiger partial charge >= 0.3 is 11.7 Å². The normalized spacial score (nSPS) is 22.1. The van der Waals surface area contributed by atoms with Crippen LogP contribution in [-0.4, -0.2) is 33.6 Å². The van der Waals surface area contributed by atoms with Crippen molar-refractivity contribution >= 4 is 11.7 Å². The number of anilines is 1. The lowest BCUT2D eigenvalue weighted by Gasteiger charge is -2.41. The first-order valence-corrected chi connectivity index (χ1v) is 9.85. The van der Waals surface area contributed by atoms with Crippen molar-refractivity contribution in [1.29, 1.82) is 0 Å². The molecule has 142 valence electrons. The number of amides is 2. The zero-order chi connectivity index (χ0) is 18.6. The average Bonchev–Trinajstić information content (AvgIpc) is 2.70. The standard InChI is InChI=1S/C21H26N4O2/c26-20-22-10-4-11-24(20)14-16-5-3-8-19(13-16)23-21(27)25-12-9-17-6-1-2-7-18(17)15-25/h3-5,8,10-11,13,17-18H,1-2,6-7,9,12,14-15H2,(H,23,27)/t17-,18+/m1/s1. The number of carbonyl (C=O) groups is 1. The van der Waals surface area contributed by atoms with Crippen molar-refractivity contribution in [2.75, 3.05) is 18.4 Å². The molecule has 0 unspecified atom stereocenters. The van der Waals surface area contributed by atoms with Gasteiger partial charge in [-0.25, -0.2) is 14.6 Å². The van der Waals surface area contributed by atoms with Gasteiger partial charge in [-0.1, -0.05) is 31.4 Å². The van der Waals surface area contributed by atoms with E-state index in [1.165, 1.54) is 31.9 Å². The van der Waals surface area contributed by atoms with Crippen LogP contribution in [0.15, 0.2) is 47.5 Å². The van der Waals surface area contributed by atoms with E-state index in [4.69, 9.17) is 0 Å². The Morgan fingerprint density at radius 3 is 2.85 bits per heavy atom. The first-order valence-electron chi connectivity index (χ1n) is 9.85. The minimum Gasteiger partial charge on any atom is -0.324 e. The van der Waals surface area contributed by atoms with E-state index in [1.54, 1.807) is 16.8 Å². The number of benzene rings is 1. The second-order valence-corrected chi connectivity index (χ2v) is 7.70. The number of piperidine rings is 1. The van der Waals surface area contributed by atoms with Gasteiger partial charge < -0.3 is 10.2 Å². The van der Waals surface area contributed by atoms with Crippen LogP contribution in [0.3, 0.4) is 0 Å². The maximum atomic E-state index is 12.7. The minimum atomic E-state index is -0.276. The van der Waals surface area contributed by atoms with Crippen molar-refractivity contribution in [3.63, 3.8) is 0 Å². The van der Waals surface area contributed by atoms with Gasteiger partial charge in [-0.2, -0.15) is 0 Å². The average molecular weight is 366 g/mol. The van der Waals surface area contributed by atoms with Crippen LogP contribution in [0.1, 0.15) is 37.7 Å². The Bertz CT molecular complexity index is 863. The number of hydrogen-bond acceptors (Lipinski definition) is 3. The van der Waals surface area contributed by atoms with Gasteiger partial charge in [0.15, 0.2) is 0 Å². The molecule has 2 aromatic rings. The second-order valence-electron chi connectivity index (χ2n) is 7.70. The Kier molecular flexibility index (Phi) is 5.23. The molecule has 0 radical (unpaired) electrons. The van der Waals surface area contributed by atoms with E-state index in [1.807, 2.05) is 29.2 Å². The molecule has 1 aromatic heterocycles. The van der Waals surface area contributed by atoms with Crippen LogP contribution < -0.4 is 11.0 Å². The van der Waals surface area contributed by atoms with E-state index < -0.39 is 0 Å². The van der Waals surface area contributed by atoms with E-state index in [-0.39, 0.29) is 11.7 Å². The highest BCUT2D eigenvalue weighted by molar-refractivity contribution is 5.89. The molecule has 1 aliphatic carbocycles. The maximum Gasteiger partial charge on any atom is 0.347 e. The molecular formula is C21H26N4O2. The molecule has 1 aliphatic heterocycles. The van der Waals surface area contributed by atoms with Gasteiger partial charge in [0.25, 0.3) is 0 Å². The van der Waals surface area contributed by atoms with Gasteiger partial charge in [-0.3, -0.25) is 4.57 Å². The number of nitrogens with zero attached hydrogens (tertiary/aromatic N) is 3. The van der Waals surface area contributed by atoms with E-state index in [9.17, 15) is 9.59 Å². The summed E-state index contributed by atoms with van der Waals surface area (Å²) < 4.78 is 1.55. The third-order valence-corrected chi connectivity index (χ3v) is 5.89. The number of aromatic nitrogens is 2. The summed E-state index contributed by atoms with van der Waals surface area (Å²) in [4.78, 5) is 30.2. The Morgan fingerprint density at radius 1 is 1.15 bits per heavy atom. The number of fused-ring (bicyclic) bond motifs is 1. The zero-order valence-electron chi connectivity index (χ0n) is 15.5. The number of carbonyl (C=O) groups excluding carboxylic acids is 1. The van der Waals surface area contributed by atoms with E-state index >= 15 is 0 Å². The van der Waals surface area contributed by atoms with Gasteiger partial charge in [-0.15, -0.1) is 0 Å². The van der Waals surface area contributed by atoms with Crippen LogP contribution in [0.5, 0.6) is 0 Å². The molecule has 2 fully saturated rings. The largest absolute Gasteiger partial charge is 0.347 e. The van der Waals surface area contributed by atoms with Crippen molar-refractivity contribution in [3.8, 4) is 0 Å². The third kappa shape index (κ3) is 4.21. The minimum absolute atomic E-state index is 0.0188.